The van der Waals surface area contributed by atoms with Crippen LogP contribution in [0.4, 0.5) is 0 Å². The van der Waals surface area contributed by atoms with Gasteiger partial charge in [-0.15, -0.1) is 11.8 Å². The lowest BCUT2D eigenvalue weighted by molar-refractivity contribution is 0.334. The van der Waals surface area contributed by atoms with Crippen molar-refractivity contribution in [2.45, 2.75) is 24.3 Å². The summed E-state index contributed by atoms with van der Waals surface area (Å²) in [4.78, 5) is 5.66. The summed E-state index contributed by atoms with van der Waals surface area (Å²) in [6.07, 6.45) is 2.98. The molecule has 2 rings (SSSR count). The topological polar surface area (TPSA) is 51.0 Å². The number of nitrogens with one attached hydrogen (secondary N) is 1. The molecule has 0 spiro atoms. The average Bonchev–Trinajstić information content (AvgIpc) is 2.90. The van der Waals surface area contributed by atoms with Crippen molar-refractivity contribution < 1.29 is 4.52 Å². The van der Waals surface area contributed by atoms with E-state index in [0.29, 0.717) is 11.7 Å². The number of rotatable bonds is 5. The Labute approximate surface area is 111 Å². The van der Waals surface area contributed by atoms with Gasteiger partial charge >= 0.3 is 0 Å². The Kier molecular flexibility index (Phi) is 4.38. The monoisotopic (exact) mass is 263 g/mol. The zero-order valence-corrected chi connectivity index (χ0v) is 11.6. The molecule has 0 aliphatic carbocycles. The number of aromatic nitrogens is 2. The highest BCUT2D eigenvalue weighted by Crippen LogP contribution is 2.22. The molecule has 18 heavy (non-hydrogen) atoms. The molecule has 96 valence electrons. The molecule has 1 heterocycles. The van der Waals surface area contributed by atoms with Crippen LogP contribution in [0.3, 0.4) is 0 Å². The summed E-state index contributed by atoms with van der Waals surface area (Å²) in [5.74, 6) is 1.29. The van der Waals surface area contributed by atoms with Crippen LogP contribution in [0.5, 0.6) is 0 Å². The number of hydrogen-bond acceptors (Lipinski definition) is 5. The van der Waals surface area contributed by atoms with Gasteiger partial charge in [-0.2, -0.15) is 4.98 Å². The van der Waals surface area contributed by atoms with Crippen LogP contribution in [0.25, 0.3) is 11.4 Å². The van der Waals surface area contributed by atoms with Gasteiger partial charge in [-0.05, 0) is 44.0 Å². The van der Waals surface area contributed by atoms with E-state index < -0.39 is 0 Å². The molecular formula is C13H17N3OS. The Morgan fingerprint density at radius 1 is 1.33 bits per heavy atom. The van der Waals surface area contributed by atoms with Gasteiger partial charge in [-0.1, -0.05) is 12.1 Å². The zero-order valence-electron chi connectivity index (χ0n) is 10.8. The lowest BCUT2D eigenvalue weighted by Crippen LogP contribution is -2.15. The van der Waals surface area contributed by atoms with Crippen LogP contribution in [0, 0.1) is 0 Å². The molecule has 1 aromatic heterocycles. The molecule has 5 heteroatoms. The number of benzene rings is 1. The third-order valence-corrected chi connectivity index (χ3v) is 3.59. The fourth-order valence-electron chi connectivity index (χ4n) is 1.74. The number of hydrogen-bond donors (Lipinski definition) is 1. The van der Waals surface area contributed by atoms with Gasteiger partial charge in [-0.25, -0.2) is 0 Å². The number of nitrogens with zero attached hydrogens (tertiary/aromatic N) is 2. The molecule has 0 bridgehead atoms. The van der Waals surface area contributed by atoms with Gasteiger partial charge in [0.2, 0.25) is 11.7 Å². The summed E-state index contributed by atoms with van der Waals surface area (Å²) in [5.41, 5.74) is 0.980. The predicted molar refractivity (Wildman–Crippen MR) is 73.6 cm³/mol. The van der Waals surface area contributed by atoms with Crippen molar-refractivity contribution in [1.29, 1.82) is 0 Å². The first-order valence-corrected chi connectivity index (χ1v) is 7.16. The molecule has 1 unspecified atom stereocenters. The quantitative estimate of drug-likeness (QED) is 0.840. The first-order chi connectivity index (χ1) is 8.78. The fraction of sp³-hybridized carbons (Fsp3) is 0.385. The molecule has 1 N–H and O–H groups in total. The summed E-state index contributed by atoms with van der Waals surface area (Å²) in [7, 11) is 1.89. The van der Waals surface area contributed by atoms with Crippen molar-refractivity contribution in [3.05, 3.63) is 30.2 Å². The van der Waals surface area contributed by atoms with Crippen LogP contribution >= 0.6 is 11.8 Å². The van der Waals surface area contributed by atoms with Crippen LogP contribution in [-0.2, 0) is 0 Å². The van der Waals surface area contributed by atoms with Gasteiger partial charge in [0, 0.05) is 10.5 Å². The second-order valence-electron chi connectivity index (χ2n) is 3.93. The second kappa shape index (κ2) is 6.02. The molecule has 0 radical (unpaired) electrons. The minimum absolute atomic E-state index is 0.122. The fourth-order valence-corrected chi connectivity index (χ4v) is 2.14. The van der Waals surface area contributed by atoms with E-state index in [1.54, 1.807) is 11.8 Å². The van der Waals surface area contributed by atoms with Gasteiger partial charge in [0.25, 0.3) is 0 Å². The van der Waals surface area contributed by atoms with E-state index >= 15 is 0 Å². The molecule has 0 aliphatic heterocycles. The molecule has 0 saturated carbocycles. The SMILES string of the molecule is CCC(NC)c1nc(-c2ccc(SC)cc2)no1. The second-order valence-corrected chi connectivity index (χ2v) is 4.81. The van der Waals surface area contributed by atoms with E-state index in [2.05, 4.69) is 40.8 Å². The van der Waals surface area contributed by atoms with Gasteiger partial charge in [0.05, 0.1) is 6.04 Å². The Balaban J connectivity index is 2.23. The maximum absolute atomic E-state index is 5.29. The summed E-state index contributed by atoms with van der Waals surface area (Å²) < 4.78 is 5.29. The molecular weight excluding hydrogens is 246 g/mol. The van der Waals surface area contributed by atoms with Crippen molar-refractivity contribution in [3.8, 4) is 11.4 Å². The van der Waals surface area contributed by atoms with E-state index in [4.69, 9.17) is 4.52 Å². The van der Waals surface area contributed by atoms with Crippen molar-refractivity contribution in [2.24, 2.45) is 0 Å². The lowest BCUT2D eigenvalue weighted by atomic mass is 10.2. The maximum Gasteiger partial charge on any atom is 0.244 e. The molecule has 0 fully saturated rings. The summed E-state index contributed by atoms with van der Waals surface area (Å²) in [6.45, 7) is 2.08. The largest absolute Gasteiger partial charge is 0.337 e. The van der Waals surface area contributed by atoms with Crippen molar-refractivity contribution in [2.75, 3.05) is 13.3 Å². The molecule has 1 aromatic carbocycles. The maximum atomic E-state index is 5.29. The molecule has 4 nitrogen and oxygen atoms in total. The van der Waals surface area contributed by atoms with Gasteiger partial charge in [0.15, 0.2) is 0 Å². The van der Waals surface area contributed by atoms with Crippen LogP contribution in [-0.4, -0.2) is 23.4 Å². The average molecular weight is 263 g/mol. The Bertz CT molecular complexity index is 491. The lowest BCUT2D eigenvalue weighted by Gasteiger charge is -2.06. The molecule has 2 aromatic rings. The summed E-state index contributed by atoms with van der Waals surface area (Å²) >= 11 is 1.72. The van der Waals surface area contributed by atoms with Gasteiger partial charge < -0.3 is 9.84 Å². The summed E-state index contributed by atoms with van der Waals surface area (Å²) in [6, 6.07) is 8.27. The van der Waals surface area contributed by atoms with Gasteiger partial charge in [-0.3, -0.25) is 0 Å². The first-order valence-electron chi connectivity index (χ1n) is 5.93. The highest BCUT2D eigenvalue weighted by Gasteiger charge is 2.15. The molecule has 0 saturated heterocycles. The first kappa shape index (κ1) is 13.1. The third kappa shape index (κ3) is 2.73. The van der Waals surface area contributed by atoms with Gasteiger partial charge in [0.1, 0.15) is 0 Å². The minimum Gasteiger partial charge on any atom is -0.337 e. The minimum atomic E-state index is 0.122. The highest BCUT2D eigenvalue weighted by molar-refractivity contribution is 7.98. The van der Waals surface area contributed by atoms with Crippen LogP contribution < -0.4 is 5.32 Å². The normalized spacial score (nSPS) is 12.6. The molecule has 1 atom stereocenters. The van der Waals surface area contributed by atoms with Crippen molar-refractivity contribution >= 4 is 11.8 Å². The van der Waals surface area contributed by atoms with E-state index in [1.165, 1.54) is 4.90 Å². The van der Waals surface area contributed by atoms with Crippen molar-refractivity contribution in [3.63, 3.8) is 0 Å². The van der Waals surface area contributed by atoms with Crippen LogP contribution in [0.1, 0.15) is 25.3 Å². The highest BCUT2D eigenvalue weighted by atomic mass is 32.2. The Morgan fingerprint density at radius 2 is 2.06 bits per heavy atom. The van der Waals surface area contributed by atoms with E-state index in [0.717, 1.165) is 12.0 Å². The van der Waals surface area contributed by atoms with E-state index in [9.17, 15) is 0 Å². The third-order valence-electron chi connectivity index (χ3n) is 2.84. The zero-order chi connectivity index (χ0) is 13.0. The Morgan fingerprint density at radius 3 is 2.61 bits per heavy atom. The van der Waals surface area contributed by atoms with E-state index in [-0.39, 0.29) is 6.04 Å². The van der Waals surface area contributed by atoms with Crippen molar-refractivity contribution in [1.82, 2.24) is 15.5 Å². The molecule has 0 amide bonds. The van der Waals surface area contributed by atoms with E-state index in [1.807, 2.05) is 19.2 Å². The predicted octanol–water partition coefficient (Wildman–Crippen LogP) is 3.13. The standard InChI is InChI=1S/C13H17N3OS/c1-4-11(14-2)13-15-12(16-17-13)9-5-7-10(18-3)8-6-9/h5-8,11,14H,4H2,1-3H3. The Hall–Kier alpha value is -1.33. The van der Waals surface area contributed by atoms with Crippen LogP contribution in [0.15, 0.2) is 33.7 Å². The van der Waals surface area contributed by atoms with Crippen LogP contribution in [0.2, 0.25) is 0 Å². The summed E-state index contributed by atoms with van der Waals surface area (Å²) in [5, 5.41) is 7.18. The smallest absolute Gasteiger partial charge is 0.244 e. The molecule has 0 aliphatic rings. The number of thioether (sulfide) groups is 1.